The zero-order valence-electron chi connectivity index (χ0n) is 24.8. The number of carbonyl (C=O) groups excluding carboxylic acids is 2. The number of rotatable bonds is 7. The minimum absolute atomic E-state index is 0.0450. The molecule has 6 nitrogen and oxygen atoms in total. The summed E-state index contributed by atoms with van der Waals surface area (Å²) in [6.45, 7) is 9.28. The van der Waals surface area contributed by atoms with Crippen LogP contribution >= 0.6 is 11.6 Å². The van der Waals surface area contributed by atoms with E-state index in [1.807, 2.05) is 17.9 Å². The van der Waals surface area contributed by atoms with Crippen molar-refractivity contribution < 1.29 is 23.1 Å². The van der Waals surface area contributed by atoms with Crippen molar-refractivity contribution in [3.05, 3.63) is 69.2 Å². The molecule has 1 N–H and O–H groups in total. The lowest BCUT2D eigenvalue weighted by Gasteiger charge is -2.36. The molecule has 0 spiro atoms. The van der Waals surface area contributed by atoms with Gasteiger partial charge in [-0.2, -0.15) is 0 Å². The van der Waals surface area contributed by atoms with Crippen LogP contribution in [0.3, 0.4) is 0 Å². The lowest BCUT2D eigenvalue weighted by molar-refractivity contribution is -0.136. The molecule has 2 aromatic rings. The van der Waals surface area contributed by atoms with E-state index in [1.54, 1.807) is 0 Å². The van der Waals surface area contributed by atoms with Crippen LogP contribution in [0.4, 0.5) is 8.78 Å². The molecule has 0 radical (unpaired) electrons. The van der Waals surface area contributed by atoms with Gasteiger partial charge in [0.1, 0.15) is 11.6 Å². The number of benzene rings is 2. The molecule has 2 aromatic carbocycles. The molecule has 3 atom stereocenters. The first-order valence-electron chi connectivity index (χ1n) is 15.3. The van der Waals surface area contributed by atoms with E-state index in [2.05, 4.69) is 23.2 Å². The molecule has 42 heavy (non-hydrogen) atoms. The molecular weight excluding hydrogens is 560 g/mol. The minimum Gasteiger partial charge on any atom is -0.381 e. The molecule has 3 saturated heterocycles. The topological polar surface area (TPSA) is 61.9 Å². The molecule has 0 aromatic heterocycles. The predicted molar refractivity (Wildman–Crippen MR) is 160 cm³/mol. The zero-order chi connectivity index (χ0) is 30.0. The Morgan fingerprint density at radius 2 is 1.76 bits per heavy atom. The Morgan fingerprint density at radius 1 is 1.05 bits per heavy atom. The van der Waals surface area contributed by atoms with E-state index in [1.165, 1.54) is 19.1 Å². The van der Waals surface area contributed by atoms with Gasteiger partial charge >= 0.3 is 0 Å². The van der Waals surface area contributed by atoms with Crippen LogP contribution in [0.5, 0.6) is 0 Å². The van der Waals surface area contributed by atoms with Crippen molar-refractivity contribution in [2.45, 2.75) is 76.8 Å². The molecule has 2 unspecified atom stereocenters. The lowest BCUT2D eigenvalue weighted by Crippen LogP contribution is -2.44. The number of nitrogens with zero attached hydrogens (tertiary/aromatic N) is 2. The predicted octanol–water partition coefficient (Wildman–Crippen LogP) is 6.11. The van der Waals surface area contributed by atoms with E-state index in [-0.39, 0.29) is 29.7 Å². The Hall–Kier alpha value is -2.55. The monoisotopic (exact) mass is 601 g/mol. The Morgan fingerprint density at radius 3 is 2.40 bits per heavy atom. The van der Waals surface area contributed by atoms with Gasteiger partial charge in [0.15, 0.2) is 0 Å². The first kappa shape index (κ1) is 30.9. The van der Waals surface area contributed by atoms with Crippen molar-refractivity contribution in [1.29, 1.82) is 0 Å². The third kappa shape index (κ3) is 6.66. The van der Waals surface area contributed by atoms with E-state index in [9.17, 15) is 14.0 Å². The summed E-state index contributed by atoms with van der Waals surface area (Å²) in [7, 11) is 0. The average molecular weight is 602 g/mol. The Kier molecular flexibility index (Phi) is 9.85. The highest BCUT2D eigenvalue weighted by molar-refractivity contribution is 6.31. The van der Waals surface area contributed by atoms with Crippen LogP contribution in [0.15, 0.2) is 30.3 Å². The van der Waals surface area contributed by atoms with Gasteiger partial charge in [0.05, 0.1) is 12.0 Å². The van der Waals surface area contributed by atoms with Crippen molar-refractivity contribution in [2.75, 3.05) is 39.4 Å². The van der Waals surface area contributed by atoms with Crippen LogP contribution in [0, 0.1) is 24.5 Å². The van der Waals surface area contributed by atoms with Crippen LogP contribution in [0.25, 0.3) is 0 Å². The molecule has 0 aliphatic carbocycles. The highest BCUT2D eigenvalue weighted by Crippen LogP contribution is 2.40. The molecule has 0 bridgehead atoms. The maximum Gasteiger partial charge on any atom is 0.227 e. The fourth-order valence-corrected chi connectivity index (χ4v) is 7.39. The van der Waals surface area contributed by atoms with Gasteiger partial charge < -0.3 is 15.0 Å². The number of hydrogen-bond donors (Lipinski definition) is 1. The molecule has 228 valence electrons. The van der Waals surface area contributed by atoms with Crippen LogP contribution in [0.1, 0.15) is 86.1 Å². The number of carbonyl (C=O) groups is 2. The van der Waals surface area contributed by atoms with Gasteiger partial charge in [-0.25, -0.2) is 8.78 Å². The molecule has 3 aliphatic heterocycles. The largest absolute Gasteiger partial charge is 0.381 e. The second-order valence-corrected chi connectivity index (χ2v) is 12.6. The Balaban J connectivity index is 1.34. The number of likely N-dealkylation sites (tertiary alicyclic amines) is 2. The number of amides is 2. The van der Waals surface area contributed by atoms with Crippen LogP contribution in [0.2, 0.25) is 5.02 Å². The molecule has 3 heterocycles. The van der Waals surface area contributed by atoms with Crippen LogP contribution in [-0.4, -0.2) is 67.0 Å². The molecule has 2 amide bonds. The van der Waals surface area contributed by atoms with Gasteiger partial charge in [-0.15, -0.1) is 0 Å². The number of aryl methyl sites for hydroxylation is 1. The second-order valence-electron chi connectivity index (χ2n) is 12.2. The van der Waals surface area contributed by atoms with Crippen molar-refractivity contribution in [1.82, 2.24) is 15.1 Å². The van der Waals surface area contributed by atoms with Crippen molar-refractivity contribution in [3.63, 3.8) is 0 Å². The van der Waals surface area contributed by atoms with E-state index in [0.29, 0.717) is 56.0 Å². The summed E-state index contributed by atoms with van der Waals surface area (Å²) in [6.07, 6.45) is 4.10. The lowest BCUT2D eigenvalue weighted by atomic mass is 9.82. The van der Waals surface area contributed by atoms with Gasteiger partial charge in [0.2, 0.25) is 11.8 Å². The summed E-state index contributed by atoms with van der Waals surface area (Å²) in [4.78, 5) is 30.3. The van der Waals surface area contributed by atoms with Crippen LogP contribution in [-0.2, 0) is 14.3 Å². The number of nitrogens with one attached hydrogen (secondary N) is 1. The number of piperidine rings is 1. The number of hydrogen-bond acceptors (Lipinski definition) is 4. The average Bonchev–Trinajstić information content (AvgIpc) is 3.42. The SMILES string of the molecule is CC[C@H](NC(C)=O)c1cc(C)c(Cl)cc1C1CCN(C(=O)C2CN(C3CCOCC3)CC2c2ccc(F)cc2F)CC1. The van der Waals surface area contributed by atoms with Gasteiger partial charge in [0, 0.05) is 69.4 Å². The van der Waals surface area contributed by atoms with Gasteiger partial charge in [-0.3, -0.25) is 14.5 Å². The molecular formula is C33H42ClF2N3O3. The normalized spacial score (nSPS) is 23.2. The second kappa shape index (κ2) is 13.4. The molecule has 3 aliphatic rings. The summed E-state index contributed by atoms with van der Waals surface area (Å²) >= 11 is 6.58. The third-order valence-corrected chi connectivity index (χ3v) is 9.91. The highest BCUT2D eigenvalue weighted by Gasteiger charge is 2.44. The summed E-state index contributed by atoms with van der Waals surface area (Å²) in [5, 5.41) is 3.78. The summed E-state index contributed by atoms with van der Waals surface area (Å²) < 4.78 is 34.3. The van der Waals surface area contributed by atoms with E-state index < -0.39 is 17.6 Å². The third-order valence-electron chi connectivity index (χ3n) is 9.51. The van der Waals surface area contributed by atoms with Gasteiger partial charge in [0.25, 0.3) is 0 Å². The van der Waals surface area contributed by atoms with Crippen molar-refractivity contribution in [3.8, 4) is 0 Å². The van der Waals surface area contributed by atoms with E-state index in [0.717, 1.165) is 54.9 Å². The maximum atomic E-state index is 15.0. The van der Waals surface area contributed by atoms with Crippen LogP contribution < -0.4 is 5.32 Å². The Labute approximate surface area is 252 Å². The summed E-state index contributed by atoms with van der Waals surface area (Å²) in [5.74, 6) is -1.73. The number of ether oxygens (including phenoxy) is 1. The minimum atomic E-state index is -0.611. The summed E-state index contributed by atoms with van der Waals surface area (Å²) in [6, 6.07) is 8.05. The molecule has 0 saturated carbocycles. The highest BCUT2D eigenvalue weighted by atomic mass is 35.5. The zero-order valence-corrected chi connectivity index (χ0v) is 25.6. The molecule has 9 heteroatoms. The van der Waals surface area contributed by atoms with E-state index >= 15 is 4.39 Å². The summed E-state index contributed by atoms with van der Waals surface area (Å²) in [5.41, 5.74) is 3.62. The first-order valence-corrected chi connectivity index (χ1v) is 15.7. The van der Waals surface area contributed by atoms with Crippen molar-refractivity contribution in [2.24, 2.45) is 5.92 Å². The maximum absolute atomic E-state index is 15.0. The fourth-order valence-electron chi connectivity index (χ4n) is 7.22. The van der Waals surface area contributed by atoms with Gasteiger partial charge in [-0.1, -0.05) is 30.7 Å². The smallest absolute Gasteiger partial charge is 0.227 e. The number of halogens is 3. The Bertz CT molecular complexity index is 1290. The fraction of sp³-hybridized carbons (Fsp3) is 0.576. The van der Waals surface area contributed by atoms with Crippen molar-refractivity contribution >= 4 is 23.4 Å². The molecule has 3 fully saturated rings. The van der Waals surface area contributed by atoms with E-state index in [4.69, 9.17) is 16.3 Å². The van der Waals surface area contributed by atoms with Gasteiger partial charge in [-0.05, 0) is 79.3 Å². The quantitative estimate of drug-likeness (QED) is 0.416. The first-order chi connectivity index (χ1) is 20.2. The standard InChI is InChI=1S/C33H42ClF2N3O3/c1-4-32(37-21(3)40)27-15-20(2)30(34)17-26(27)22-7-11-38(12-8-22)33(41)29-19-39(24-9-13-42-14-10-24)18-28(29)25-6-5-23(35)16-31(25)36/h5-6,15-17,22,24,28-29,32H,4,7-14,18-19H2,1-3H3,(H,37,40)/t28?,29?,32-/m0/s1. The molecule has 5 rings (SSSR count).